The van der Waals surface area contributed by atoms with Crippen LogP contribution < -0.4 is 10.2 Å². The summed E-state index contributed by atoms with van der Waals surface area (Å²) in [5, 5.41) is 4.20. The van der Waals surface area contributed by atoms with E-state index in [1.807, 2.05) is 36.4 Å². The lowest BCUT2D eigenvalue weighted by Crippen LogP contribution is -2.55. The van der Waals surface area contributed by atoms with Gasteiger partial charge in [0.05, 0.1) is 13.2 Å². The highest BCUT2D eigenvalue weighted by atomic mass is 19.1. The number of rotatable bonds is 9. The molecule has 6 rings (SSSR count). The number of hydrogen-bond donors (Lipinski definition) is 2. The van der Waals surface area contributed by atoms with Gasteiger partial charge in [-0.2, -0.15) is 0 Å². The van der Waals surface area contributed by atoms with E-state index in [1.54, 1.807) is 36.9 Å². The van der Waals surface area contributed by atoms with Crippen LogP contribution in [0.15, 0.2) is 72.8 Å². The summed E-state index contributed by atoms with van der Waals surface area (Å²) in [5.41, 5.74) is 4.19. The third-order valence-corrected chi connectivity index (χ3v) is 10.0. The number of halogens is 1. The van der Waals surface area contributed by atoms with Gasteiger partial charge in [-0.15, -0.1) is 0 Å². The maximum absolute atomic E-state index is 14.9. The van der Waals surface area contributed by atoms with E-state index in [2.05, 4.69) is 48.1 Å². The fraction of sp³-hybridized carbons (Fsp3) is 0.405. The molecule has 0 bridgehead atoms. The molecule has 2 N–H and O–H groups in total. The van der Waals surface area contributed by atoms with Crippen molar-refractivity contribution in [3.8, 4) is 0 Å². The normalized spacial score (nSPS) is 19.4. The Morgan fingerprint density at radius 3 is 2.40 bits per heavy atom. The Morgan fingerprint density at radius 2 is 1.69 bits per heavy atom. The molecule has 236 valence electrons. The third kappa shape index (κ3) is 5.96. The van der Waals surface area contributed by atoms with E-state index in [1.165, 1.54) is 17.0 Å². The molecule has 2 atom stereocenters. The molecule has 2 aliphatic rings. The minimum Gasteiger partial charge on any atom is -0.378 e. The molecule has 8 heteroatoms. The molecule has 0 spiro atoms. The van der Waals surface area contributed by atoms with Gasteiger partial charge in [0.15, 0.2) is 0 Å². The topological polar surface area (TPSA) is 77.7 Å². The summed E-state index contributed by atoms with van der Waals surface area (Å²) < 4.78 is 20.4. The first-order valence-electron chi connectivity index (χ1n) is 15.8. The van der Waals surface area contributed by atoms with Crippen LogP contribution in [-0.2, 0) is 20.9 Å². The molecule has 2 fully saturated rings. The highest BCUT2D eigenvalue weighted by Gasteiger charge is 2.60. The van der Waals surface area contributed by atoms with Crippen molar-refractivity contribution in [2.24, 2.45) is 11.3 Å². The Hall–Kier alpha value is -4.17. The third-order valence-electron chi connectivity index (χ3n) is 10.0. The first-order valence-corrected chi connectivity index (χ1v) is 15.8. The van der Waals surface area contributed by atoms with Crippen LogP contribution in [0.2, 0.25) is 0 Å². The smallest absolute Gasteiger partial charge is 0.249 e. The molecule has 1 aliphatic carbocycles. The van der Waals surface area contributed by atoms with Crippen molar-refractivity contribution < 1.29 is 18.7 Å². The van der Waals surface area contributed by atoms with E-state index < -0.39 is 11.4 Å². The first-order chi connectivity index (χ1) is 21.5. The fourth-order valence-electron chi connectivity index (χ4n) is 7.07. The number of amides is 2. The van der Waals surface area contributed by atoms with Gasteiger partial charge in [-0.3, -0.25) is 9.59 Å². The van der Waals surface area contributed by atoms with E-state index in [0.29, 0.717) is 24.5 Å². The standard InChI is InChI=1S/C37H43FN4O3/c1-24-33(28-11-7-9-13-31(28)39-24)34-29(36(34,2)3)22-32(43)42(23-25-10-6-8-12-30(25)38)37(4,5)35(44)40-26-14-16-27(17-15-26)41-18-20-45-21-19-41/h6-17,29,34,39H,18-23H2,1-5H3,(H,40,44)/t29-,34-/m1/s1. The molecule has 2 amide bonds. The van der Waals surface area contributed by atoms with E-state index in [-0.39, 0.29) is 42.0 Å². The van der Waals surface area contributed by atoms with Crippen molar-refractivity contribution in [2.45, 2.75) is 59.0 Å². The molecule has 1 aromatic heterocycles. The van der Waals surface area contributed by atoms with Gasteiger partial charge in [-0.1, -0.05) is 50.2 Å². The van der Waals surface area contributed by atoms with Gasteiger partial charge in [0.2, 0.25) is 11.8 Å². The number of aromatic amines is 1. The lowest BCUT2D eigenvalue weighted by atomic mass is 9.97. The van der Waals surface area contributed by atoms with E-state index in [9.17, 15) is 14.0 Å². The van der Waals surface area contributed by atoms with Gasteiger partial charge in [-0.05, 0) is 80.0 Å². The second-order valence-corrected chi connectivity index (χ2v) is 13.5. The number of carbonyl (C=O) groups excluding carboxylic acids is 2. The second-order valence-electron chi connectivity index (χ2n) is 13.5. The van der Waals surface area contributed by atoms with Gasteiger partial charge >= 0.3 is 0 Å². The Labute approximate surface area is 264 Å². The number of H-pyrrole nitrogens is 1. The zero-order valence-corrected chi connectivity index (χ0v) is 26.8. The van der Waals surface area contributed by atoms with Gasteiger partial charge in [-0.25, -0.2) is 4.39 Å². The Kier molecular flexibility index (Phi) is 8.20. The number of morpholine rings is 1. The molecule has 0 unspecified atom stereocenters. The maximum atomic E-state index is 14.9. The number of nitrogens with one attached hydrogen (secondary N) is 2. The van der Waals surface area contributed by atoms with Crippen LogP contribution >= 0.6 is 0 Å². The van der Waals surface area contributed by atoms with Crippen molar-refractivity contribution in [3.63, 3.8) is 0 Å². The minimum atomic E-state index is -1.26. The van der Waals surface area contributed by atoms with Crippen molar-refractivity contribution in [2.75, 3.05) is 36.5 Å². The Bertz CT molecular complexity index is 1700. The molecule has 1 saturated heterocycles. The molecule has 0 radical (unpaired) electrons. The number of hydrogen-bond acceptors (Lipinski definition) is 4. The molecule has 2 heterocycles. The van der Waals surface area contributed by atoms with Gasteiger partial charge in [0.1, 0.15) is 11.4 Å². The van der Waals surface area contributed by atoms with Gasteiger partial charge < -0.3 is 24.8 Å². The van der Waals surface area contributed by atoms with Gasteiger partial charge in [0, 0.05) is 59.6 Å². The number of aryl methyl sites for hydroxylation is 1. The van der Waals surface area contributed by atoms with Crippen LogP contribution in [0.3, 0.4) is 0 Å². The Morgan fingerprint density at radius 1 is 1.02 bits per heavy atom. The SMILES string of the molecule is Cc1[nH]c2ccccc2c1[C@H]1[C@@H](CC(=O)N(Cc2ccccc2F)C(C)(C)C(=O)Nc2ccc(N3CCOCC3)cc2)C1(C)C. The predicted octanol–water partition coefficient (Wildman–Crippen LogP) is 7.03. The Balaban J connectivity index is 1.23. The average Bonchev–Trinajstić information content (AvgIpc) is 3.37. The number of carbonyl (C=O) groups is 2. The average molecular weight is 611 g/mol. The highest BCUT2D eigenvalue weighted by molar-refractivity contribution is 6.00. The number of fused-ring (bicyclic) bond motifs is 1. The highest BCUT2D eigenvalue weighted by Crippen LogP contribution is 2.67. The van der Waals surface area contributed by atoms with Crippen LogP contribution in [0, 0.1) is 24.1 Å². The van der Waals surface area contributed by atoms with Crippen LogP contribution in [-0.4, -0.2) is 53.5 Å². The monoisotopic (exact) mass is 610 g/mol. The number of ether oxygens (including phenoxy) is 1. The second kappa shape index (κ2) is 12.0. The lowest BCUT2D eigenvalue weighted by molar-refractivity contribution is -0.145. The molecule has 1 saturated carbocycles. The zero-order chi connectivity index (χ0) is 31.9. The number of anilines is 2. The van der Waals surface area contributed by atoms with Crippen molar-refractivity contribution in [3.05, 3.63) is 95.4 Å². The minimum absolute atomic E-state index is 0.00811. The summed E-state index contributed by atoms with van der Waals surface area (Å²) in [6.45, 7) is 13.0. The van der Waals surface area contributed by atoms with Crippen molar-refractivity contribution in [1.29, 1.82) is 0 Å². The van der Waals surface area contributed by atoms with Crippen molar-refractivity contribution >= 4 is 34.1 Å². The number of para-hydroxylation sites is 1. The zero-order valence-electron chi connectivity index (χ0n) is 26.8. The molecular formula is C37H43FN4O3. The number of benzene rings is 3. The molecular weight excluding hydrogens is 567 g/mol. The maximum Gasteiger partial charge on any atom is 0.249 e. The fourth-order valence-corrected chi connectivity index (χ4v) is 7.07. The summed E-state index contributed by atoms with van der Waals surface area (Å²) in [7, 11) is 0. The molecule has 4 aromatic rings. The van der Waals surface area contributed by atoms with E-state index >= 15 is 0 Å². The van der Waals surface area contributed by atoms with Gasteiger partial charge in [0.25, 0.3) is 0 Å². The summed E-state index contributed by atoms with van der Waals surface area (Å²) >= 11 is 0. The summed E-state index contributed by atoms with van der Waals surface area (Å²) in [6, 6.07) is 22.4. The van der Waals surface area contributed by atoms with Crippen molar-refractivity contribution in [1.82, 2.24) is 9.88 Å². The van der Waals surface area contributed by atoms with Crippen LogP contribution in [0.5, 0.6) is 0 Å². The van der Waals surface area contributed by atoms with Crippen LogP contribution in [0.25, 0.3) is 10.9 Å². The number of nitrogens with zero attached hydrogens (tertiary/aromatic N) is 2. The largest absolute Gasteiger partial charge is 0.378 e. The summed E-state index contributed by atoms with van der Waals surface area (Å²) in [5.74, 6) is -0.624. The molecule has 7 nitrogen and oxygen atoms in total. The molecule has 1 aliphatic heterocycles. The first kappa shape index (κ1) is 30.8. The lowest BCUT2D eigenvalue weighted by Gasteiger charge is -2.38. The predicted molar refractivity (Wildman–Crippen MR) is 177 cm³/mol. The summed E-state index contributed by atoms with van der Waals surface area (Å²) in [4.78, 5) is 35.5. The molecule has 3 aromatic carbocycles. The molecule has 45 heavy (non-hydrogen) atoms. The van der Waals surface area contributed by atoms with Crippen LogP contribution in [0.1, 0.15) is 56.9 Å². The summed E-state index contributed by atoms with van der Waals surface area (Å²) in [6.07, 6.45) is 0.260. The number of aromatic nitrogens is 1. The van der Waals surface area contributed by atoms with Crippen LogP contribution in [0.4, 0.5) is 15.8 Å². The van der Waals surface area contributed by atoms with E-state index in [0.717, 1.165) is 30.0 Å². The van der Waals surface area contributed by atoms with E-state index in [4.69, 9.17) is 4.74 Å². The quantitative estimate of drug-likeness (QED) is 0.213.